The van der Waals surface area contributed by atoms with Crippen LogP contribution in [-0.4, -0.2) is 43.5 Å². The second-order valence-electron chi connectivity index (χ2n) is 5.25. The first-order valence-corrected chi connectivity index (χ1v) is 8.28. The van der Waals surface area contributed by atoms with Crippen LogP contribution < -0.4 is 0 Å². The second kappa shape index (κ2) is 10.3. The van der Waals surface area contributed by atoms with Gasteiger partial charge in [-0.1, -0.05) is 44.2 Å². The molecule has 0 bridgehead atoms. The van der Waals surface area contributed by atoms with Gasteiger partial charge in [0.25, 0.3) is 0 Å². The first-order valence-electron chi connectivity index (χ1n) is 7.65. The van der Waals surface area contributed by atoms with Crippen molar-refractivity contribution < 1.29 is 4.74 Å². The van der Waals surface area contributed by atoms with Gasteiger partial charge in [-0.15, -0.1) is 0 Å². The van der Waals surface area contributed by atoms with Crippen molar-refractivity contribution in [3.8, 4) is 0 Å². The van der Waals surface area contributed by atoms with E-state index in [1.807, 2.05) is 0 Å². The maximum Gasteiger partial charge on any atom is 0.0589 e. The molecule has 0 fully saturated rings. The van der Waals surface area contributed by atoms with Gasteiger partial charge in [0.2, 0.25) is 0 Å². The summed E-state index contributed by atoms with van der Waals surface area (Å²) in [6, 6.07) is 11.4. The third-order valence-electron chi connectivity index (χ3n) is 3.99. The van der Waals surface area contributed by atoms with Gasteiger partial charge in [0.05, 0.1) is 6.61 Å². The van der Waals surface area contributed by atoms with Crippen molar-refractivity contribution >= 4 is 12.6 Å². The molecule has 20 heavy (non-hydrogen) atoms. The van der Waals surface area contributed by atoms with E-state index in [2.05, 4.69) is 61.7 Å². The fourth-order valence-electron chi connectivity index (χ4n) is 2.71. The van der Waals surface area contributed by atoms with Gasteiger partial charge in [-0.05, 0) is 24.2 Å². The largest absolute Gasteiger partial charge is 0.383 e. The molecule has 0 saturated carbocycles. The van der Waals surface area contributed by atoms with Gasteiger partial charge in [-0.25, -0.2) is 0 Å². The zero-order chi connectivity index (χ0) is 14.8. The fourth-order valence-corrected chi connectivity index (χ4v) is 3.04. The lowest BCUT2D eigenvalue weighted by Crippen LogP contribution is -2.40. The number of nitrogens with zero attached hydrogens (tertiary/aromatic N) is 1. The van der Waals surface area contributed by atoms with Gasteiger partial charge in [-0.3, -0.25) is 4.90 Å². The van der Waals surface area contributed by atoms with Crippen LogP contribution in [0.4, 0.5) is 0 Å². The standard InChI is InChI=1S/C17H29NOS/c1-4-17(5-2)18(11-12-19-3)13-16(14-20)15-9-7-6-8-10-15/h6-10,16-17,20H,4-5,11-14H2,1-3H3. The van der Waals surface area contributed by atoms with Crippen molar-refractivity contribution in [1.29, 1.82) is 0 Å². The summed E-state index contributed by atoms with van der Waals surface area (Å²) in [4.78, 5) is 2.57. The Morgan fingerprint density at radius 3 is 2.30 bits per heavy atom. The molecule has 114 valence electrons. The molecule has 0 saturated heterocycles. The Morgan fingerprint density at radius 2 is 1.80 bits per heavy atom. The van der Waals surface area contributed by atoms with Crippen LogP contribution in [-0.2, 0) is 4.74 Å². The Hall–Kier alpha value is -0.510. The monoisotopic (exact) mass is 295 g/mol. The zero-order valence-electron chi connectivity index (χ0n) is 13.1. The van der Waals surface area contributed by atoms with Crippen molar-refractivity contribution in [3.05, 3.63) is 35.9 Å². The van der Waals surface area contributed by atoms with Gasteiger partial charge >= 0.3 is 0 Å². The summed E-state index contributed by atoms with van der Waals surface area (Å²) >= 11 is 4.56. The quantitative estimate of drug-likeness (QED) is 0.659. The van der Waals surface area contributed by atoms with E-state index in [4.69, 9.17) is 4.74 Å². The second-order valence-corrected chi connectivity index (χ2v) is 5.61. The Balaban J connectivity index is 2.74. The minimum absolute atomic E-state index is 0.483. The predicted molar refractivity (Wildman–Crippen MR) is 90.9 cm³/mol. The molecule has 0 aliphatic carbocycles. The molecular formula is C17H29NOS. The zero-order valence-corrected chi connectivity index (χ0v) is 14.0. The average molecular weight is 295 g/mol. The third kappa shape index (κ3) is 5.47. The summed E-state index contributed by atoms with van der Waals surface area (Å²) < 4.78 is 5.27. The highest BCUT2D eigenvalue weighted by atomic mass is 32.1. The van der Waals surface area contributed by atoms with E-state index in [0.29, 0.717) is 12.0 Å². The number of thiol groups is 1. The van der Waals surface area contributed by atoms with Crippen LogP contribution in [0.5, 0.6) is 0 Å². The molecule has 0 N–H and O–H groups in total. The Kier molecular flexibility index (Phi) is 8.99. The molecular weight excluding hydrogens is 266 g/mol. The molecule has 1 aromatic rings. The van der Waals surface area contributed by atoms with Crippen LogP contribution in [0, 0.1) is 0 Å². The highest BCUT2D eigenvalue weighted by molar-refractivity contribution is 7.80. The van der Waals surface area contributed by atoms with E-state index in [1.165, 1.54) is 18.4 Å². The average Bonchev–Trinajstić information content (AvgIpc) is 2.51. The van der Waals surface area contributed by atoms with E-state index in [0.717, 1.165) is 25.4 Å². The lowest BCUT2D eigenvalue weighted by atomic mass is 9.99. The van der Waals surface area contributed by atoms with Crippen molar-refractivity contribution in [3.63, 3.8) is 0 Å². The number of methoxy groups -OCH3 is 1. The first kappa shape index (κ1) is 17.5. The van der Waals surface area contributed by atoms with Gasteiger partial charge in [0.1, 0.15) is 0 Å². The van der Waals surface area contributed by atoms with Crippen LogP contribution in [0.1, 0.15) is 38.2 Å². The SMILES string of the molecule is CCC(CC)N(CCOC)CC(CS)c1ccccc1. The van der Waals surface area contributed by atoms with Crippen LogP contribution in [0.3, 0.4) is 0 Å². The van der Waals surface area contributed by atoms with Crippen molar-refractivity contribution in [2.75, 3.05) is 32.6 Å². The van der Waals surface area contributed by atoms with E-state index < -0.39 is 0 Å². The topological polar surface area (TPSA) is 12.5 Å². The minimum Gasteiger partial charge on any atom is -0.383 e. The lowest BCUT2D eigenvalue weighted by molar-refractivity contribution is 0.111. The van der Waals surface area contributed by atoms with E-state index in [1.54, 1.807) is 7.11 Å². The lowest BCUT2D eigenvalue weighted by Gasteiger charge is -2.33. The molecule has 0 radical (unpaired) electrons. The van der Waals surface area contributed by atoms with E-state index in [9.17, 15) is 0 Å². The normalized spacial score (nSPS) is 13.1. The van der Waals surface area contributed by atoms with E-state index >= 15 is 0 Å². The van der Waals surface area contributed by atoms with Crippen molar-refractivity contribution in [1.82, 2.24) is 4.90 Å². The van der Waals surface area contributed by atoms with Crippen LogP contribution in [0.25, 0.3) is 0 Å². The van der Waals surface area contributed by atoms with Gasteiger partial charge in [0.15, 0.2) is 0 Å². The highest BCUT2D eigenvalue weighted by Gasteiger charge is 2.20. The first-order chi connectivity index (χ1) is 9.76. The Labute approximate surface area is 129 Å². The summed E-state index contributed by atoms with van der Waals surface area (Å²) in [7, 11) is 1.78. The van der Waals surface area contributed by atoms with E-state index in [-0.39, 0.29) is 0 Å². The summed E-state index contributed by atoms with van der Waals surface area (Å²) in [5.74, 6) is 1.37. The molecule has 0 aliphatic rings. The van der Waals surface area contributed by atoms with Crippen LogP contribution in [0.2, 0.25) is 0 Å². The summed E-state index contributed by atoms with van der Waals surface area (Å²) in [6.45, 7) is 7.39. The van der Waals surface area contributed by atoms with Crippen LogP contribution >= 0.6 is 12.6 Å². The van der Waals surface area contributed by atoms with Crippen molar-refractivity contribution in [2.45, 2.75) is 38.6 Å². The maximum absolute atomic E-state index is 5.27. The Morgan fingerprint density at radius 1 is 1.15 bits per heavy atom. The molecule has 0 heterocycles. The third-order valence-corrected chi connectivity index (χ3v) is 4.43. The molecule has 1 atom stereocenters. The molecule has 0 aromatic heterocycles. The molecule has 0 amide bonds. The predicted octanol–water partition coefficient (Wildman–Crippen LogP) is 3.84. The number of hydrogen-bond acceptors (Lipinski definition) is 3. The van der Waals surface area contributed by atoms with Crippen LogP contribution in [0.15, 0.2) is 30.3 Å². The summed E-state index contributed by atoms with van der Waals surface area (Å²) in [5, 5.41) is 0. The number of hydrogen-bond donors (Lipinski definition) is 1. The fraction of sp³-hybridized carbons (Fsp3) is 0.647. The van der Waals surface area contributed by atoms with Gasteiger partial charge in [-0.2, -0.15) is 12.6 Å². The molecule has 0 spiro atoms. The maximum atomic E-state index is 5.27. The summed E-state index contributed by atoms with van der Waals surface area (Å²) in [5.41, 5.74) is 1.39. The molecule has 1 rings (SSSR count). The molecule has 1 unspecified atom stereocenters. The van der Waals surface area contributed by atoms with Crippen molar-refractivity contribution in [2.24, 2.45) is 0 Å². The minimum atomic E-state index is 0.483. The summed E-state index contributed by atoms with van der Waals surface area (Å²) in [6.07, 6.45) is 2.38. The highest BCUT2D eigenvalue weighted by Crippen LogP contribution is 2.21. The molecule has 1 aromatic carbocycles. The van der Waals surface area contributed by atoms with Gasteiger partial charge in [0, 0.05) is 32.2 Å². The molecule has 2 nitrogen and oxygen atoms in total. The Bertz CT molecular complexity index is 340. The number of rotatable bonds is 10. The number of ether oxygens (including phenoxy) is 1. The molecule has 0 aliphatic heterocycles. The van der Waals surface area contributed by atoms with Gasteiger partial charge < -0.3 is 4.74 Å². The smallest absolute Gasteiger partial charge is 0.0589 e. The molecule has 3 heteroatoms. The number of benzene rings is 1.